The lowest BCUT2D eigenvalue weighted by atomic mass is 10.1. The third-order valence-electron chi connectivity index (χ3n) is 4.99. The van der Waals surface area contributed by atoms with E-state index in [-0.39, 0.29) is 29.3 Å². The molecule has 1 amide bonds. The van der Waals surface area contributed by atoms with Crippen molar-refractivity contribution in [3.8, 4) is 11.3 Å². The maximum atomic E-state index is 14.0. The van der Waals surface area contributed by atoms with Gasteiger partial charge in [0.15, 0.2) is 0 Å². The second kappa shape index (κ2) is 8.31. The topological polar surface area (TPSA) is 61.0 Å². The van der Waals surface area contributed by atoms with Crippen molar-refractivity contribution < 1.29 is 13.6 Å². The lowest BCUT2D eigenvalue weighted by molar-refractivity contribution is -0.117. The Morgan fingerprint density at radius 1 is 1.28 bits per heavy atom. The molecule has 0 spiro atoms. The number of anilines is 1. The van der Waals surface area contributed by atoms with Gasteiger partial charge >= 0.3 is 0 Å². The minimum atomic E-state index is -0.462. The summed E-state index contributed by atoms with van der Waals surface area (Å²) in [4.78, 5) is 22.1. The molecule has 2 aromatic carbocycles. The Labute approximate surface area is 171 Å². The Bertz CT molecular complexity index is 1040. The molecule has 3 aromatic rings. The number of likely N-dealkylation sites (tertiary alicyclic amines) is 1. The van der Waals surface area contributed by atoms with Crippen molar-refractivity contribution >= 4 is 23.2 Å². The van der Waals surface area contributed by atoms with Crippen LogP contribution in [0.5, 0.6) is 0 Å². The molecule has 1 atom stereocenters. The third-order valence-corrected chi connectivity index (χ3v) is 5.30. The van der Waals surface area contributed by atoms with E-state index in [0.29, 0.717) is 22.8 Å². The van der Waals surface area contributed by atoms with Crippen molar-refractivity contribution in [3.05, 3.63) is 71.1 Å². The number of benzene rings is 2. The Hall–Kier alpha value is -2.77. The van der Waals surface area contributed by atoms with Crippen LogP contribution in [0.15, 0.2) is 48.7 Å². The first kappa shape index (κ1) is 19.5. The second-order valence-electron chi connectivity index (χ2n) is 6.96. The van der Waals surface area contributed by atoms with Crippen LogP contribution in [0, 0.1) is 11.6 Å². The molecule has 0 unspecified atom stereocenters. The van der Waals surface area contributed by atoms with Crippen LogP contribution < -0.4 is 5.32 Å². The zero-order chi connectivity index (χ0) is 20.4. The molecule has 0 bridgehead atoms. The fourth-order valence-electron chi connectivity index (χ4n) is 3.61. The van der Waals surface area contributed by atoms with Gasteiger partial charge in [0, 0.05) is 5.56 Å². The molecule has 150 valence electrons. The largest absolute Gasteiger partial charge is 0.341 e. The Kier molecular flexibility index (Phi) is 5.60. The van der Waals surface area contributed by atoms with E-state index in [1.54, 1.807) is 24.4 Å². The number of aromatic nitrogens is 2. The average molecular weight is 417 g/mol. The number of carbonyl (C=O) groups excluding carboxylic acids is 1. The maximum absolute atomic E-state index is 14.0. The summed E-state index contributed by atoms with van der Waals surface area (Å²) < 4.78 is 27.2. The summed E-state index contributed by atoms with van der Waals surface area (Å²) in [5, 5.41) is 2.87. The van der Waals surface area contributed by atoms with E-state index in [1.807, 2.05) is 4.90 Å². The van der Waals surface area contributed by atoms with Crippen LogP contribution in [-0.2, 0) is 4.79 Å². The van der Waals surface area contributed by atoms with Gasteiger partial charge in [-0.05, 0) is 49.7 Å². The smallest absolute Gasteiger partial charge is 0.238 e. The summed E-state index contributed by atoms with van der Waals surface area (Å²) in [5.41, 5.74) is 1.43. The van der Waals surface area contributed by atoms with Gasteiger partial charge in [0.05, 0.1) is 35.2 Å². The van der Waals surface area contributed by atoms with E-state index in [9.17, 15) is 13.6 Å². The number of amides is 1. The van der Waals surface area contributed by atoms with Crippen LogP contribution in [0.4, 0.5) is 14.5 Å². The number of nitrogens with zero attached hydrogens (tertiary/aromatic N) is 2. The van der Waals surface area contributed by atoms with E-state index in [2.05, 4.69) is 15.3 Å². The number of hydrogen-bond donors (Lipinski definition) is 2. The van der Waals surface area contributed by atoms with E-state index in [1.165, 1.54) is 18.2 Å². The number of halogens is 3. The monoisotopic (exact) mass is 416 g/mol. The second-order valence-corrected chi connectivity index (χ2v) is 7.37. The van der Waals surface area contributed by atoms with Gasteiger partial charge in [-0.1, -0.05) is 23.7 Å². The third kappa shape index (κ3) is 4.31. The zero-order valence-corrected chi connectivity index (χ0v) is 16.2. The van der Waals surface area contributed by atoms with Crippen molar-refractivity contribution in [2.75, 3.05) is 18.4 Å². The molecule has 1 saturated heterocycles. The van der Waals surface area contributed by atoms with Gasteiger partial charge in [0.25, 0.3) is 0 Å². The van der Waals surface area contributed by atoms with Crippen LogP contribution in [0.2, 0.25) is 5.02 Å². The van der Waals surface area contributed by atoms with Crippen molar-refractivity contribution in [2.45, 2.75) is 18.9 Å². The molecular weight excluding hydrogens is 398 g/mol. The Morgan fingerprint density at radius 3 is 2.90 bits per heavy atom. The normalized spacial score (nSPS) is 16.9. The van der Waals surface area contributed by atoms with Gasteiger partial charge in [-0.2, -0.15) is 0 Å². The van der Waals surface area contributed by atoms with Crippen LogP contribution in [0.3, 0.4) is 0 Å². The van der Waals surface area contributed by atoms with Gasteiger partial charge in [-0.3, -0.25) is 9.69 Å². The number of aromatic amines is 1. The molecule has 8 heteroatoms. The SMILES string of the molecule is O=C(CN1CCC[C@H]1c1ncc(-c2ccccc2F)[nH]1)Nc1ccc(F)cc1Cl. The van der Waals surface area contributed by atoms with E-state index < -0.39 is 5.82 Å². The van der Waals surface area contributed by atoms with Gasteiger partial charge in [-0.25, -0.2) is 13.8 Å². The highest BCUT2D eigenvalue weighted by atomic mass is 35.5. The molecule has 0 aliphatic carbocycles. The van der Waals surface area contributed by atoms with Gasteiger partial charge < -0.3 is 10.3 Å². The molecule has 4 rings (SSSR count). The molecule has 2 N–H and O–H groups in total. The van der Waals surface area contributed by atoms with E-state index >= 15 is 0 Å². The summed E-state index contributed by atoms with van der Waals surface area (Å²) in [5.74, 6) is -0.322. The quantitative estimate of drug-likeness (QED) is 0.629. The first-order chi connectivity index (χ1) is 14.0. The molecule has 1 aromatic heterocycles. The number of imidazole rings is 1. The lowest BCUT2D eigenvalue weighted by Gasteiger charge is -2.22. The van der Waals surface area contributed by atoms with Crippen molar-refractivity contribution in [3.63, 3.8) is 0 Å². The average Bonchev–Trinajstić information content (AvgIpc) is 3.34. The minimum Gasteiger partial charge on any atom is -0.341 e. The summed E-state index contributed by atoms with van der Waals surface area (Å²) in [6.07, 6.45) is 3.38. The van der Waals surface area contributed by atoms with Crippen LogP contribution in [-0.4, -0.2) is 33.9 Å². The first-order valence-electron chi connectivity index (χ1n) is 9.30. The van der Waals surface area contributed by atoms with Crippen LogP contribution in [0.1, 0.15) is 24.7 Å². The number of nitrogens with one attached hydrogen (secondary N) is 2. The van der Waals surface area contributed by atoms with Crippen molar-refractivity contribution in [1.82, 2.24) is 14.9 Å². The standard InChI is InChI=1S/C21H19ClF2N4O/c22-15-10-13(23)7-8-17(15)26-20(29)12-28-9-3-6-19(28)21-25-11-18(27-21)14-4-1-2-5-16(14)24/h1-2,4-5,7-8,10-11,19H,3,6,9,12H2,(H,25,27)(H,26,29)/t19-/m0/s1. The maximum Gasteiger partial charge on any atom is 0.238 e. The minimum absolute atomic E-state index is 0.0648. The van der Waals surface area contributed by atoms with E-state index in [0.717, 1.165) is 25.5 Å². The predicted molar refractivity (Wildman–Crippen MR) is 108 cm³/mol. The number of hydrogen-bond acceptors (Lipinski definition) is 3. The highest BCUT2D eigenvalue weighted by molar-refractivity contribution is 6.33. The number of carbonyl (C=O) groups is 1. The predicted octanol–water partition coefficient (Wildman–Crippen LogP) is 4.78. The molecule has 1 aliphatic rings. The molecule has 5 nitrogen and oxygen atoms in total. The molecule has 2 heterocycles. The molecule has 29 heavy (non-hydrogen) atoms. The fraction of sp³-hybridized carbons (Fsp3) is 0.238. The molecule has 1 fully saturated rings. The van der Waals surface area contributed by atoms with E-state index in [4.69, 9.17) is 11.6 Å². The first-order valence-corrected chi connectivity index (χ1v) is 9.68. The number of rotatable bonds is 5. The molecular formula is C21H19ClF2N4O. The highest BCUT2D eigenvalue weighted by Gasteiger charge is 2.30. The van der Waals surface area contributed by atoms with Crippen LogP contribution >= 0.6 is 11.6 Å². The van der Waals surface area contributed by atoms with Crippen molar-refractivity contribution in [2.24, 2.45) is 0 Å². The molecule has 0 saturated carbocycles. The van der Waals surface area contributed by atoms with Gasteiger partial charge in [0.1, 0.15) is 17.5 Å². The fourth-order valence-corrected chi connectivity index (χ4v) is 3.83. The Morgan fingerprint density at radius 2 is 2.10 bits per heavy atom. The zero-order valence-electron chi connectivity index (χ0n) is 15.5. The van der Waals surface area contributed by atoms with Crippen LogP contribution in [0.25, 0.3) is 11.3 Å². The van der Waals surface area contributed by atoms with Gasteiger partial charge in [0.2, 0.25) is 5.91 Å². The molecule has 0 radical (unpaired) electrons. The lowest BCUT2D eigenvalue weighted by Crippen LogP contribution is -2.33. The summed E-state index contributed by atoms with van der Waals surface area (Å²) >= 11 is 5.97. The van der Waals surface area contributed by atoms with Gasteiger partial charge in [-0.15, -0.1) is 0 Å². The summed E-state index contributed by atoms with van der Waals surface area (Å²) in [6, 6.07) is 10.3. The summed E-state index contributed by atoms with van der Waals surface area (Å²) in [7, 11) is 0. The molecule has 1 aliphatic heterocycles. The highest BCUT2D eigenvalue weighted by Crippen LogP contribution is 2.32. The summed E-state index contributed by atoms with van der Waals surface area (Å²) in [6.45, 7) is 0.888. The number of H-pyrrole nitrogens is 1. The Balaban J connectivity index is 1.45. The van der Waals surface area contributed by atoms with Crippen molar-refractivity contribution in [1.29, 1.82) is 0 Å².